The van der Waals surface area contributed by atoms with Gasteiger partial charge in [-0.25, -0.2) is 0 Å². The summed E-state index contributed by atoms with van der Waals surface area (Å²) < 4.78 is 10.9. The molecule has 0 radical (unpaired) electrons. The lowest BCUT2D eigenvalue weighted by Crippen LogP contribution is -2.61. The van der Waals surface area contributed by atoms with Crippen LogP contribution in [0.5, 0.6) is 0 Å². The van der Waals surface area contributed by atoms with Crippen LogP contribution in [0.4, 0.5) is 0 Å². The predicted octanol–water partition coefficient (Wildman–Crippen LogP) is 3.17. The fourth-order valence-electron chi connectivity index (χ4n) is 5.41. The van der Waals surface area contributed by atoms with Crippen molar-refractivity contribution < 1.29 is 29.3 Å². The zero-order valence-electron chi connectivity index (χ0n) is 22.1. The molecule has 1 heterocycles. The molecule has 0 saturated carbocycles. The number of ether oxygens (including phenoxy) is 2. The Morgan fingerprint density at radius 3 is 2.46 bits per heavy atom. The van der Waals surface area contributed by atoms with E-state index in [1.807, 2.05) is 40.8 Å². The van der Waals surface area contributed by atoms with E-state index in [2.05, 4.69) is 17.7 Å². The molecule has 2 N–H and O–H groups in total. The maximum absolute atomic E-state index is 12.4. The van der Waals surface area contributed by atoms with Crippen molar-refractivity contribution in [3.05, 3.63) is 34.9 Å². The lowest BCUT2D eigenvalue weighted by Gasteiger charge is -2.55. The first-order chi connectivity index (χ1) is 16.3. The topological polar surface area (TPSA) is 96.3 Å². The summed E-state index contributed by atoms with van der Waals surface area (Å²) in [6.45, 7) is 11.2. The van der Waals surface area contributed by atoms with Crippen LogP contribution in [0, 0.1) is 23.7 Å². The highest BCUT2D eigenvalue weighted by molar-refractivity contribution is 5.70. The Labute approximate surface area is 209 Å². The van der Waals surface area contributed by atoms with Gasteiger partial charge in [0.1, 0.15) is 17.8 Å². The molecule has 0 aromatic carbocycles. The van der Waals surface area contributed by atoms with Crippen molar-refractivity contribution >= 4 is 11.9 Å². The van der Waals surface area contributed by atoms with Gasteiger partial charge in [-0.15, -0.1) is 6.42 Å². The number of fused-ring (bicyclic) bond motifs is 1. The Bertz CT molecular complexity index is 934. The highest BCUT2D eigenvalue weighted by atomic mass is 16.6. The fourth-order valence-corrected chi connectivity index (χ4v) is 5.41. The molecule has 2 aliphatic rings. The molecule has 194 valence electrons. The van der Waals surface area contributed by atoms with Crippen LogP contribution >= 0.6 is 0 Å². The summed E-state index contributed by atoms with van der Waals surface area (Å²) in [5.74, 6) is 1.92. The van der Waals surface area contributed by atoms with Crippen LogP contribution in [0.3, 0.4) is 0 Å². The van der Waals surface area contributed by atoms with Crippen molar-refractivity contribution in [3.8, 4) is 12.3 Å². The number of esters is 2. The van der Waals surface area contributed by atoms with E-state index in [-0.39, 0.29) is 31.0 Å². The summed E-state index contributed by atoms with van der Waals surface area (Å²) in [5.41, 5.74) is 0.632. The minimum absolute atomic E-state index is 0.0797. The summed E-state index contributed by atoms with van der Waals surface area (Å²) in [6.07, 6.45) is 10.7. The van der Waals surface area contributed by atoms with Gasteiger partial charge in [0.2, 0.25) is 0 Å². The van der Waals surface area contributed by atoms with E-state index in [9.17, 15) is 19.8 Å². The van der Waals surface area contributed by atoms with Crippen LogP contribution in [0.2, 0.25) is 0 Å². The van der Waals surface area contributed by atoms with Gasteiger partial charge in [0.05, 0.1) is 6.61 Å². The van der Waals surface area contributed by atoms with Gasteiger partial charge in [0, 0.05) is 36.3 Å². The lowest BCUT2D eigenvalue weighted by molar-refractivity contribution is -0.159. The van der Waals surface area contributed by atoms with Crippen molar-refractivity contribution in [3.63, 3.8) is 0 Å². The molecule has 1 unspecified atom stereocenters. The minimum Gasteiger partial charge on any atom is -0.460 e. The van der Waals surface area contributed by atoms with Gasteiger partial charge in [0.25, 0.3) is 0 Å². The molecule has 0 amide bonds. The average Bonchev–Trinajstić information content (AvgIpc) is 2.75. The van der Waals surface area contributed by atoms with E-state index >= 15 is 0 Å². The molecule has 1 aliphatic heterocycles. The van der Waals surface area contributed by atoms with Crippen LogP contribution in [-0.4, -0.2) is 71.1 Å². The highest BCUT2D eigenvalue weighted by Crippen LogP contribution is 2.53. The number of terminal acetylenes is 1. The molecular formula is C28H41NO6. The van der Waals surface area contributed by atoms with Crippen LogP contribution < -0.4 is 0 Å². The summed E-state index contributed by atoms with van der Waals surface area (Å²) in [4.78, 5) is 26.3. The predicted molar refractivity (Wildman–Crippen MR) is 135 cm³/mol. The summed E-state index contributed by atoms with van der Waals surface area (Å²) in [5, 5.41) is 21.4. The smallest absolute Gasteiger partial charge is 0.306 e. The fraction of sp³-hybridized carbons (Fsp3) is 0.643. The number of carbonyl (C=O) groups is 2. The van der Waals surface area contributed by atoms with E-state index in [4.69, 9.17) is 15.9 Å². The van der Waals surface area contributed by atoms with Crippen molar-refractivity contribution in [2.24, 2.45) is 11.3 Å². The number of allylic oxidation sites excluding steroid dienone is 2. The van der Waals surface area contributed by atoms with E-state index in [0.29, 0.717) is 25.0 Å². The third kappa shape index (κ3) is 6.43. The molecule has 7 nitrogen and oxygen atoms in total. The number of carbonyl (C=O) groups excluding carboxylic acids is 2. The first kappa shape index (κ1) is 28.8. The van der Waals surface area contributed by atoms with E-state index in [1.54, 1.807) is 12.2 Å². The number of nitrogens with zero attached hydrogens (tertiary/aromatic N) is 1. The number of hydrogen-bond donors (Lipinski definition) is 2. The standard InChI is InChI=1S/C28H41NO6/c1-9-22(18(2)21(14-17-30)10-13-25(32)35-27(5,6)7)28-15-16-29(8)19(3)23(28)11-12-24(26(28)33)34-20(4)31/h1,11-12,14,19,23-24,26,30,33H,10,13,15-17H2,2-8H3/b21-14-,22-18+/t19-,23?,24+,26+,28-/m1/s1. The van der Waals surface area contributed by atoms with E-state index in [1.165, 1.54) is 6.92 Å². The third-order valence-electron chi connectivity index (χ3n) is 7.16. The van der Waals surface area contributed by atoms with Gasteiger partial charge in [-0.1, -0.05) is 18.1 Å². The minimum atomic E-state index is -1.04. The quantitative estimate of drug-likeness (QED) is 0.246. The maximum Gasteiger partial charge on any atom is 0.306 e. The first-order valence-corrected chi connectivity index (χ1v) is 12.2. The molecule has 0 bridgehead atoms. The average molecular weight is 488 g/mol. The number of aliphatic hydroxyl groups excluding tert-OH is 2. The van der Waals surface area contributed by atoms with E-state index in [0.717, 1.165) is 11.1 Å². The summed E-state index contributed by atoms with van der Waals surface area (Å²) >= 11 is 0. The van der Waals surface area contributed by atoms with Gasteiger partial charge in [-0.2, -0.15) is 0 Å². The van der Waals surface area contributed by atoms with Crippen molar-refractivity contribution in [1.29, 1.82) is 0 Å². The van der Waals surface area contributed by atoms with Crippen LogP contribution in [-0.2, 0) is 19.1 Å². The number of aliphatic hydroxyl groups is 2. The number of hydrogen-bond acceptors (Lipinski definition) is 7. The molecule has 7 heteroatoms. The normalized spacial score (nSPS) is 30.1. The van der Waals surface area contributed by atoms with Crippen molar-refractivity contribution in [2.45, 2.75) is 84.7 Å². The Morgan fingerprint density at radius 1 is 1.26 bits per heavy atom. The second kappa shape index (κ2) is 11.6. The summed E-state index contributed by atoms with van der Waals surface area (Å²) in [6, 6.07) is 0.0797. The molecule has 1 saturated heterocycles. The molecule has 0 aromatic rings. The number of rotatable bonds is 7. The lowest BCUT2D eigenvalue weighted by atomic mass is 9.55. The zero-order chi connectivity index (χ0) is 26.6. The monoisotopic (exact) mass is 487 g/mol. The van der Waals surface area contributed by atoms with Gasteiger partial charge in [0.15, 0.2) is 0 Å². The Hall–Kier alpha value is -2.40. The van der Waals surface area contributed by atoms with Crippen LogP contribution in [0.1, 0.15) is 60.8 Å². The maximum atomic E-state index is 12.4. The van der Waals surface area contributed by atoms with Gasteiger partial charge in [-0.05, 0) is 78.3 Å². The van der Waals surface area contributed by atoms with Crippen molar-refractivity contribution in [1.82, 2.24) is 4.90 Å². The molecule has 0 aromatic heterocycles. The second-order valence-corrected chi connectivity index (χ2v) is 10.6. The van der Waals surface area contributed by atoms with E-state index < -0.39 is 29.2 Å². The van der Waals surface area contributed by atoms with Gasteiger partial charge >= 0.3 is 11.9 Å². The SMILES string of the molecule is C#C/C(=C(C)\C(=C/CO)CCC(=O)OC(C)(C)C)[C@]12CCN(C)[C@H](C)C1C=C[C@H](OC(C)=O)[C@@H]2O. The van der Waals surface area contributed by atoms with Crippen LogP contribution in [0.15, 0.2) is 34.9 Å². The number of likely N-dealkylation sites (tertiary alicyclic amines) is 1. The zero-order valence-corrected chi connectivity index (χ0v) is 22.1. The molecule has 5 atom stereocenters. The molecular weight excluding hydrogens is 446 g/mol. The summed E-state index contributed by atoms with van der Waals surface area (Å²) in [7, 11) is 2.04. The highest BCUT2D eigenvalue weighted by Gasteiger charge is 2.56. The molecule has 35 heavy (non-hydrogen) atoms. The first-order valence-electron chi connectivity index (χ1n) is 12.2. The third-order valence-corrected chi connectivity index (χ3v) is 7.16. The Kier molecular flexibility index (Phi) is 9.52. The van der Waals surface area contributed by atoms with Crippen LogP contribution in [0.25, 0.3) is 0 Å². The Morgan fingerprint density at radius 2 is 1.91 bits per heavy atom. The Balaban J connectivity index is 2.56. The molecule has 2 rings (SSSR count). The molecule has 1 aliphatic carbocycles. The van der Waals surface area contributed by atoms with Gasteiger partial charge in [-0.3, -0.25) is 9.59 Å². The molecule has 1 fully saturated rings. The second-order valence-electron chi connectivity index (χ2n) is 10.6. The number of piperidine rings is 1. The largest absolute Gasteiger partial charge is 0.460 e. The van der Waals surface area contributed by atoms with Gasteiger partial charge < -0.3 is 24.6 Å². The van der Waals surface area contributed by atoms with Crippen molar-refractivity contribution in [2.75, 3.05) is 20.2 Å². The molecule has 0 spiro atoms.